The van der Waals surface area contributed by atoms with Gasteiger partial charge in [0.2, 0.25) is 0 Å². The van der Waals surface area contributed by atoms with Crippen molar-refractivity contribution in [1.82, 2.24) is 10.6 Å². The van der Waals surface area contributed by atoms with E-state index in [1.54, 1.807) is 0 Å². The highest BCUT2D eigenvalue weighted by Crippen LogP contribution is 2.12. The summed E-state index contributed by atoms with van der Waals surface area (Å²) >= 11 is 0. The summed E-state index contributed by atoms with van der Waals surface area (Å²) in [5, 5.41) is 14.8. The third kappa shape index (κ3) is 6.17. The highest BCUT2D eigenvalue weighted by molar-refractivity contribution is 5.74. The van der Waals surface area contributed by atoms with Crippen LogP contribution in [0.4, 0.5) is 4.79 Å². The predicted molar refractivity (Wildman–Crippen MR) is 86.5 cm³/mol. The monoisotopic (exact) mass is 292 g/mol. The first-order valence-electron chi connectivity index (χ1n) is 7.70. The van der Waals surface area contributed by atoms with Gasteiger partial charge in [-0.2, -0.15) is 0 Å². The maximum absolute atomic E-state index is 11.9. The van der Waals surface area contributed by atoms with E-state index in [4.69, 9.17) is 5.11 Å². The molecule has 0 aromatic heterocycles. The number of aryl methyl sites for hydroxylation is 2. The Bertz CT molecular complexity index is 460. The smallest absolute Gasteiger partial charge is 0.315 e. The molecule has 0 aliphatic rings. The Labute approximate surface area is 128 Å². The van der Waals surface area contributed by atoms with Crippen LogP contribution in [0.2, 0.25) is 0 Å². The molecule has 3 N–H and O–H groups in total. The minimum Gasteiger partial charge on any atom is -0.396 e. The maximum atomic E-state index is 11.9. The number of urea groups is 1. The number of aliphatic hydroxyl groups is 1. The second-order valence-corrected chi connectivity index (χ2v) is 5.77. The highest BCUT2D eigenvalue weighted by Gasteiger charge is 2.13. The fourth-order valence-corrected chi connectivity index (χ4v) is 2.44. The van der Waals surface area contributed by atoms with Crippen molar-refractivity contribution < 1.29 is 9.90 Å². The van der Waals surface area contributed by atoms with Crippen molar-refractivity contribution in [1.29, 1.82) is 0 Å². The first-order valence-corrected chi connectivity index (χ1v) is 7.70. The highest BCUT2D eigenvalue weighted by atomic mass is 16.3. The van der Waals surface area contributed by atoms with Crippen molar-refractivity contribution in [3.8, 4) is 0 Å². The molecule has 0 aliphatic carbocycles. The van der Waals surface area contributed by atoms with Gasteiger partial charge in [-0.15, -0.1) is 0 Å². The molecule has 0 heterocycles. The zero-order valence-corrected chi connectivity index (χ0v) is 13.6. The Hall–Kier alpha value is -1.55. The molecular formula is C17H28N2O2. The molecule has 2 unspecified atom stereocenters. The Kier molecular flexibility index (Phi) is 7.23. The lowest BCUT2D eigenvalue weighted by atomic mass is 10.00. The van der Waals surface area contributed by atoms with Crippen molar-refractivity contribution in [3.05, 3.63) is 34.9 Å². The second-order valence-electron chi connectivity index (χ2n) is 5.77. The van der Waals surface area contributed by atoms with Crippen LogP contribution in [0.3, 0.4) is 0 Å². The van der Waals surface area contributed by atoms with E-state index in [1.165, 1.54) is 16.7 Å². The van der Waals surface area contributed by atoms with Crippen molar-refractivity contribution in [2.45, 2.75) is 59.0 Å². The van der Waals surface area contributed by atoms with E-state index in [2.05, 4.69) is 42.7 Å². The molecule has 1 aromatic rings. The van der Waals surface area contributed by atoms with Gasteiger partial charge in [-0.25, -0.2) is 4.79 Å². The Morgan fingerprint density at radius 2 is 2.00 bits per heavy atom. The molecule has 4 nitrogen and oxygen atoms in total. The lowest BCUT2D eigenvalue weighted by molar-refractivity contribution is 0.225. The molecule has 2 amide bonds. The number of amides is 2. The number of hydrogen-bond acceptors (Lipinski definition) is 2. The largest absolute Gasteiger partial charge is 0.396 e. The van der Waals surface area contributed by atoms with Gasteiger partial charge in [-0.05, 0) is 51.2 Å². The molecule has 4 heteroatoms. The third-order valence-corrected chi connectivity index (χ3v) is 3.71. The van der Waals surface area contributed by atoms with E-state index < -0.39 is 0 Å². The lowest BCUT2D eigenvalue weighted by Crippen LogP contribution is -2.46. The Balaban J connectivity index is 2.49. The zero-order chi connectivity index (χ0) is 15.8. The van der Waals surface area contributed by atoms with Gasteiger partial charge in [0.1, 0.15) is 0 Å². The van der Waals surface area contributed by atoms with Gasteiger partial charge < -0.3 is 15.7 Å². The number of carbonyl (C=O) groups is 1. The van der Waals surface area contributed by atoms with Crippen LogP contribution in [-0.2, 0) is 6.42 Å². The quantitative estimate of drug-likeness (QED) is 0.723. The van der Waals surface area contributed by atoms with E-state index >= 15 is 0 Å². The van der Waals surface area contributed by atoms with Gasteiger partial charge in [-0.1, -0.05) is 30.7 Å². The number of nitrogens with one attached hydrogen (secondary N) is 2. The summed E-state index contributed by atoms with van der Waals surface area (Å²) in [7, 11) is 0. The molecule has 118 valence electrons. The predicted octanol–water partition coefficient (Wildman–Crippen LogP) is 2.69. The summed E-state index contributed by atoms with van der Waals surface area (Å²) in [6.07, 6.45) is 2.23. The molecule has 2 atom stereocenters. The molecule has 0 spiro atoms. The number of benzene rings is 1. The molecule has 21 heavy (non-hydrogen) atoms. The van der Waals surface area contributed by atoms with Gasteiger partial charge in [0.25, 0.3) is 0 Å². The van der Waals surface area contributed by atoms with Crippen LogP contribution < -0.4 is 10.6 Å². The van der Waals surface area contributed by atoms with Crippen LogP contribution in [0.1, 0.15) is 43.4 Å². The first-order chi connectivity index (χ1) is 9.96. The van der Waals surface area contributed by atoms with E-state index in [0.717, 1.165) is 12.8 Å². The molecule has 0 bridgehead atoms. The van der Waals surface area contributed by atoms with Gasteiger partial charge in [0, 0.05) is 18.7 Å². The average molecular weight is 292 g/mol. The van der Waals surface area contributed by atoms with Gasteiger partial charge in [0.05, 0.1) is 0 Å². The summed E-state index contributed by atoms with van der Waals surface area (Å²) in [5.41, 5.74) is 3.77. The molecule has 0 saturated carbocycles. The van der Waals surface area contributed by atoms with Crippen molar-refractivity contribution in [2.24, 2.45) is 0 Å². The first kappa shape index (κ1) is 17.5. The standard InChI is InChI=1S/C17H28N2O2/c1-5-16(8-9-20)19-17(21)18-14(4)11-15-7-6-12(2)10-13(15)3/h6-7,10,14,16,20H,5,8-9,11H2,1-4H3,(H2,18,19,21). The molecule has 0 fully saturated rings. The van der Waals surface area contributed by atoms with Crippen LogP contribution in [0.25, 0.3) is 0 Å². The number of aliphatic hydroxyl groups excluding tert-OH is 1. The minimum absolute atomic E-state index is 0.0308. The number of hydrogen-bond donors (Lipinski definition) is 3. The third-order valence-electron chi connectivity index (χ3n) is 3.71. The Morgan fingerprint density at radius 3 is 2.57 bits per heavy atom. The zero-order valence-electron chi connectivity index (χ0n) is 13.6. The minimum atomic E-state index is -0.160. The second kappa shape index (κ2) is 8.67. The summed E-state index contributed by atoms with van der Waals surface area (Å²) < 4.78 is 0. The van der Waals surface area contributed by atoms with Crippen molar-refractivity contribution in [3.63, 3.8) is 0 Å². The van der Waals surface area contributed by atoms with Gasteiger partial charge in [0.15, 0.2) is 0 Å². The van der Waals surface area contributed by atoms with Crippen LogP contribution in [0.5, 0.6) is 0 Å². The van der Waals surface area contributed by atoms with Crippen molar-refractivity contribution in [2.75, 3.05) is 6.61 Å². The topological polar surface area (TPSA) is 61.4 Å². The van der Waals surface area contributed by atoms with E-state index in [-0.39, 0.29) is 24.7 Å². The molecular weight excluding hydrogens is 264 g/mol. The molecule has 1 aromatic carbocycles. The Morgan fingerprint density at radius 1 is 1.29 bits per heavy atom. The molecule has 0 radical (unpaired) electrons. The normalized spacial score (nSPS) is 13.6. The molecule has 1 rings (SSSR count). The molecule has 0 aliphatic heterocycles. The summed E-state index contributed by atoms with van der Waals surface area (Å²) in [5.74, 6) is 0. The average Bonchev–Trinajstić information content (AvgIpc) is 2.41. The SMILES string of the molecule is CCC(CCO)NC(=O)NC(C)Cc1ccc(C)cc1C. The van der Waals surface area contributed by atoms with Crippen LogP contribution >= 0.6 is 0 Å². The fourth-order valence-electron chi connectivity index (χ4n) is 2.44. The van der Waals surface area contributed by atoms with Gasteiger partial charge >= 0.3 is 6.03 Å². The van der Waals surface area contributed by atoms with Crippen LogP contribution in [-0.4, -0.2) is 29.8 Å². The molecule has 0 saturated heterocycles. The van der Waals surface area contributed by atoms with Crippen LogP contribution in [0, 0.1) is 13.8 Å². The summed E-state index contributed by atoms with van der Waals surface area (Å²) in [6.45, 7) is 8.28. The summed E-state index contributed by atoms with van der Waals surface area (Å²) in [6, 6.07) is 6.33. The van der Waals surface area contributed by atoms with E-state index in [0.29, 0.717) is 6.42 Å². The summed E-state index contributed by atoms with van der Waals surface area (Å²) in [4.78, 5) is 11.9. The van der Waals surface area contributed by atoms with Gasteiger partial charge in [-0.3, -0.25) is 0 Å². The van der Waals surface area contributed by atoms with Crippen LogP contribution in [0.15, 0.2) is 18.2 Å². The van der Waals surface area contributed by atoms with E-state index in [1.807, 2.05) is 13.8 Å². The van der Waals surface area contributed by atoms with E-state index in [9.17, 15) is 4.79 Å². The maximum Gasteiger partial charge on any atom is 0.315 e. The lowest BCUT2D eigenvalue weighted by Gasteiger charge is -2.20. The fraction of sp³-hybridized carbons (Fsp3) is 0.588. The number of carbonyl (C=O) groups excluding carboxylic acids is 1. The number of rotatable bonds is 7. The van der Waals surface area contributed by atoms with Crippen molar-refractivity contribution >= 4 is 6.03 Å².